The molecule has 130 valence electrons. The van der Waals surface area contributed by atoms with E-state index >= 15 is 0 Å². The molecule has 4 heteroatoms. The van der Waals surface area contributed by atoms with Gasteiger partial charge >= 0.3 is 0 Å². The molecule has 0 saturated carbocycles. The average molecular weight is 328 g/mol. The maximum absolute atomic E-state index is 12.4. The first kappa shape index (κ1) is 17.2. The van der Waals surface area contributed by atoms with Crippen LogP contribution in [-0.4, -0.2) is 52.6 Å². The molecule has 4 nitrogen and oxygen atoms in total. The van der Waals surface area contributed by atoms with Crippen LogP contribution in [0.4, 0.5) is 0 Å². The molecular formula is C20H28N2O2. The smallest absolute Gasteiger partial charge is 0.253 e. The fraction of sp³-hybridized carbons (Fsp3) is 0.550. The lowest BCUT2D eigenvalue weighted by atomic mass is 9.68. The molecule has 1 spiro atoms. The molecule has 1 fully saturated rings. The molecule has 0 unspecified atom stereocenters. The second kappa shape index (κ2) is 6.34. The average Bonchev–Trinajstić information content (AvgIpc) is 2.54. The summed E-state index contributed by atoms with van der Waals surface area (Å²) >= 11 is 0. The highest BCUT2D eigenvalue weighted by Gasteiger charge is 2.43. The first-order valence-corrected chi connectivity index (χ1v) is 8.79. The molecule has 1 aromatic rings. The minimum Gasteiger partial charge on any atom is -0.381 e. The Bertz CT molecular complexity index is 625. The summed E-state index contributed by atoms with van der Waals surface area (Å²) in [4.78, 5) is 16.6. The lowest BCUT2D eigenvalue weighted by Crippen LogP contribution is -2.55. The zero-order valence-corrected chi connectivity index (χ0v) is 14.8. The number of nitrogens with zero attached hydrogens (tertiary/aromatic N) is 2. The highest BCUT2D eigenvalue weighted by molar-refractivity contribution is 5.84. The van der Waals surface area contributed by atoms with E-state index in [1.807, 2.05) is 11.0 Å². The fourth-order valence-corrected chi connectivity index (χ4v) is 4.25. The number of likely N-dealkylation sites (tertiary alicyclic amines) is 1. The van der Waals surface area contributed by atoms with Gasteiger partial charge in [0.15, 0.2) is 0 Å². The third-order valence-electron chi connectivity index (χ3n) is 5.43. The minimum atomic E-state index is -1.29. The van der Waals surface area contributed by atoms with Crippen molar-refractivity contribution in [3.63, 3.8) is 0 Å². The van der Waals surface area contributed by atoms with Gasteiger partial charge in [-0.25, -0.2) is 0 Å². The molecule has 2 aliphatic heterocycles. The molecular weight excluding hydrogens is 300 g/mol. The Morgan fingerprint density at radius 3 is 2.62 bits per heavy atom. The predicted molar refractivity (Wildman–Crippen MR) is 95.7 cm³/mol. The first-order chi connectivity index (χ1) is 11.4. The summed E-state index contributed by atoms with van der Waals surface area (Å²) in [7, 11) is 0. The van der Waals surface area contributed by atoms with Crippen molar-refractivity contribution in [1.29, 1.82) is 0 Å². The van der Waals surface area contributed by atoms with Crippen LogP contribution >= 0.6 is 0 Å². The quantitative estimate of drug-likeness (QED) is 0.866. The summed E-state index contributed by atoms with van der Waals surface area (Å²) in [6.45, 7) is 11.3. The Balaban J connectivity index is 1.83. The Kier molecular flexibility index (Phi) is 4.54. The lowest BCUT2D eigenvalue weighted by Gasteiger charge is -2.49. The van der Waals surface area contributed by atoms with E-state index in [2.05, 4.69) is 35.7 Å². The van der Waals surface area contributed by atoms with Gasteiger partial charge in [0.1, 0.15) is 5.60 Å². The van der Waals surface area contributed by atoms with Crippen LogP contribution in [-0.2, 0) is 16.8 Å². The monoisotopic (exact) mass is 328 g/mol. The van der Waals surface area contributed by atoms with E-state index in [-0.39, 0.29) is 11.3 Å². The topological polar surface area (TPSA) is 43.8 Å². The van der Waals surface area contributed by atoms with Crippen LogP contribution in [0.1, 0.15) is 37.8 Å². The molecule has 1 N–H and O–H groups in total. The molecule has 0 radical (unpaired) electrons. The number of carbonyl (C=O) groups is 1. The molecule has 0 bridgehead atoms. The second-order valence-electron chi connectivity index (χ2n) is 7.75. The van der Waals surface area contributed by atoms with Crippen LogP contribution in [0.15, 0.2) is 36.9 Å². The maximum atomic E-state index is 12.4. The first-order valence-electron chi connectivity index (χ1n) is 8.79. The van der Waals surface area contributed by atoms with Gasteiger partial charge < -0.3 is 10.0 Å². The van der Waals surface area contributed by atoms with E-state index in [9.17, 15) is 9.90 Å². The number of benzene rings is 1. The molecule has 0 aromatic heterocycles. The van der Waals surface area contributed by atoms with Gasteiger partial charge in [0.05, 0.1) is 0 Å². The summed E-state index contributed by atoms with van der Waals surface area (Å²) in [5.41, 5.74) is 1.66. The van der Waals surface area contributed by atoms with E-state index in [1.54, 1.807) is 13.8 Å². The van der Waals surface area contributed by atoms with Gasteiger partial charge in [-0.2, -0.15) is 0 Å². The van der Waals surface area contributed by atoms with Gasteiger partial charge in [-0.05, 0) is 37.8 Å². The van der Waals surface area contributed by atoms with E-state index in [1.165, 1.54) is 11.1 Å². The van der Waals surface area contributed by atoms with E-state index in [0.29, 0.717) is 13.1 Å². The standard InChI is InChI=1S/C20H28N2O2/c1-4-11-21-14-16-7-5-6-8-17(16)20(15-21)9-12-22(13-10-20)18(23)19(2,3)24/h4-8,24H,1,9-15H2,2-3H3. The number of rotatable bonds is 3. The molecule has 1 aromatic carbocycles. The second-order valence-corrected chi connectivity index (χ2v) is 7.75. The normalized spacial score (nSPS) is 20.7. The van der Waals surface area contributed by atoms with E-state index in [4.69, 9.17) is 0 Å². The molecule has 2 heterocycles. The Morgan fingerprint density at radius 2 is 2.00 bits per heavy atom. The van der Waals surface area contributed by atoms with Crippen molar-refractivity contribution in [2.45, 2.75) is 44.2 Å². The molecule has 1 amide bonds. The largest absolute Gasteiger partial charge is 0.381 e. The molecule has 0 aliphatic carbocycles. The maximum Gasteiger partial charge on any atom is 0.253 e. The SMILES string of the molecule is C=CCN1Cc2ccccc2C2(CCN(C(=O)C(C)(C)O)CC2)C1. The van der Waals surface area contributed by atoms with Crippen molar-refractivity contribution in [1.82, 2.24) is 9.80 Å². The van der Waals surface area contributed by atoms with E-state index < -0.39 is 5.60 Å². The number of fused-ring (bicyclic) bond motifs is 2. The number of carbonyl (C=O) groups excluding carboxylic acids is 1. The molecule has 24 heavy (non-hydrogen) atoms. The summed E-state index contributed by atoms with van der Waals surface area (Å²) in [6, 6.07) is 8.71. The summed E-state index contributed by atoms with van der Waals surface area (Å²) in [5.74, 6) is -0.163. The van der Waals surface area contributed by atoms with Crippen molar-refractivity contribution >= 4 is 5.91 Å². The number of amides is 1. The van der Waals surface area contributed by atoms with Crippen molar-refractivity contribution in [3.05, 3.63) is 48.0 Å². The van der Waals surface area contributed by atoms with Crippen LogP contribution in [0.2, 0.25) is 0 Å². The summed E-state index contributed by atoms with van der Waals surface area (Å²) < 4.78 is 0. The summed E-state index contributed by atoms with van der Waals surface area (Å²) in [5, 5.41) is 10.00. The van der Waals surface area contributed by atoms with Crippen LogP contribution < -0.4 is 0 Å². The lowest BCUT2D eigenvalue weighted by molar-refractivity contribution is -0.149. The Labute approximate surface area is 144 Å². The van der Waals surface area contributed by atoms with Gasteiger partial charge in [-0.15, -0.1) is 6.58 Å². The number of hydrogen-bond donors (Lipinski definition) is 1. The van der Waals surface area contributed by atoms with Crippen molar-refractivity contribution < 1.29 is 9.90 Å². The predicted octanol–water partition coefficient (Wildman–Crippen LogP) is 2.32. The molecule has 0 atom stereocenters. The highest BCUT2D eigenvalue weighted by atomic mass is 16.3. The number of aliphatic hydroxyl groups is 1. The molecule has 1 saturated heterocycles. The third-order valence-corrected chi connectivity index (χ3v) is 5.43. The van der Waals surface area contributed by atoms with Crippen LogP contribution in [0.3, 0.4) is 0 Å². The zero-order valence-electron chi connectivity index (χ0n) is 14.8. The van der Waals surface area contributed by atoms with E-state index in [0.717, 1.165) is 32.5 Å². The van der Waals surface area contributed by atoms with Gasteiger partial charge in [-0.1, -0.05) is 30.3 Å². The highest BCUT2D eigenvalue weighted by Crippen LogP contribution is 2.41. The fourth-order valence-electron chi connectivity index (χ4n) is 4.25. The number of hydrogen-bond acceptors (Lipinski definition) is 3. The zero-order chi connectivity index (χ0) is 17.4. The van der Waals surface area contributed by atoms with Crippen molar-refractivity contribution in [2.24, 2.45) is 0 Å². The van der Waals surface area contributed by atoms with Gasteiger partial charge in [-0.3, -0.25) is 9.69 Å². The van der Waals surface area contributed by atoms with Crippen molar-refractivity contribution in [3.8, 4) is 0 Å². The van der Waals surface area contributed by atoms with Gasteiger partial charge in [0.25, 0.3) is 5.91 Å². The Hall–Kier alpha value is -1.65. The minimum absolute atomic E-state index is 0.105. The van der Waals surface area contributed by atoms with Crippen LogP contribution in [0.5, 0.6) is 0 Å². The molecule has 2 aliphatic rings. The van der Waals surface area contributed by atoms with Crippen LogP contribution in [0.25, 0.3) is 0 Å². The van der Waals surface area contributed by atoms with Gasteiger partial charge in [0, 0.05) is 38.1 Å². The van der Waals surface area contributed by atoms with Crippen LogP contribution in [0, 0.1) is 0 Å². The summed E-state index contributed by atoms with van der Waals surface area (Å²) in [6.07, 6.45) is 3.85. The Morgan fingerprint density at radius 1 is 1.33 bits per heavy atom. The molecule has 3 rings (SSSR count). The third kappa shape index (κ3) is 3.13. The number of piperidine rings is 1. The van der Waals surface area contributed by atoms with Gasteiger partial charge in [0.2, 0.25) is 0 Å². The van der Waals surface area contributed by atoms with Crippen molar-refractivity contribution in [2.75, 3.05) is 26.2 Å².